The van der Waals surface area contributed by atoms with Crippen molar-refractivity contribution in [3.8, 4) is 0 Å². The van der Waals surface area contributed by atoms with Gasteiger partial charge in [-0.05, 0) is 49.9 Å². The smallest absolute Gasteiger partial charge is 0.262 e. The van der Waals surface area contributed by atoms with Crippen LogP contribution in [0, 0.1) is 0 Å². The molecule has 3 rings (SSSR count). The van der Waals surface area contributed by atoms with Gasteiger partial charge in [-0.3, -0.25) is 14.2 Å². The predicted molar refractivity (Wildman–Crippen MR) is 132 cm³/mol. The first-order valence-electron chi connectivity index (χ1n) is 11.0. The number of benzene rings is 2. The van der Waals surface area contributed by atoms with Gasteiger partial charge in [-0.2, -0.15) is 0 Å². The van der Waals surface area contributed by atoms with Crippen molar-refractivity contribution >= 4 is 34.3 Å². The van der Waals surface area contributed by atoms with Crippen molar-refractivity contribution in [3.63, 3.8) is 0 Å². The van der Waals surface area contributed by atoms with Gasteiger partial charge >= 0.3 is 0 Å². The fourth-order valence-corrected chi connectivity index (χ4v) is 4.25. The summed E-state index contributed by atoms with van der Waals surface area (Å²) in [6.07, 6.45) is 0.840. The number of anilines is 1. The second kappa shape index (κ2) is 11.3. The number of thioether (sulfide) groups is 1. The zero-order valence-electron chi connectivity index (χ0n) is 19.1. The number of rotatable bonds is 10. The zero-order valence-corrected chi connectivity index (χ0v) is 19.9. The van der Waals surface area contributed by atoms with Gasteiger partial charge in [0, 0.05) is 18.8 Å². The van der Waals surface area contributed by atoms with E-state index < -0.39 is 0 Å². The number of hydrogen-bond acceptors (Lipinski definition) is 5. The summed E-state index contributed by atoms with van der Waals surface area (Å²) in [5.74, 6) is 0.347. The Kier molecular flexibility index (Phi) is 8.47. The molecule has 0 aliphatic heterocycles. The standard InChI is InChI=1S/C25H31N3O3S/c1-17(2)19-10-5-7-12-21(19)26-23(29)16-32-25-27-22-13-8-6-11-20(22)24(30)28(25)14-9-15-31-18(3)4/h5-8,10-13,17-18H,9,14-16H2,1-4H3,(H,26,29). The molecule has 0 aliphatic carbocycles. The van der Waals surface area contributed by atoms with E-state index in [-0.39, 0.29) is 23.3 Å². The fourth-order valence-electron chi connectivity index (χ4n) is 3.43. The van der Waals surface area contributed by atoms with Gasteiger partial charge in [-0.15, -0.1) is 0 Å². The number of carbonyl (C=O) groups is 1. The first-order valence-corrected chi connectivity index (χ1v) is 12.0. The molecule has 1 heterocycles. The molecule has 170 valence electrons. The highest BCUT2D eigenvalue weighted by Gasteiger charge is 2.14. The van der Waals surface area contributed by atoms with Crippen molar-refractivity contribution in [2.24, 2.45) is 0 Å². The van der Waals surface area contributed by atoms with Crippen LogP contribution >= 0.6 is 11.8 Å². The molecule has 1 N–H and O–H groups in total. The van der Waals surface area contributed by atoms with Crippen molar-refractivity contribution in [2.45, 2.75) is 57.8 Å². The van der Waals surface area contributed by atoms with Crippen LogP contribution in [0.25, 0.3) is 10.9 Å². The fraction of sp³-hybridized carbons (Fsp3) is 0.400. The van der Waals surface area contributed by atoms with Crippen LogP contribution in [0.4, 0.5) is 5.69 Å². The summed E-state index contributed by atoms with van der Waals surface area (Å²) in [6.45, 7) is 9.22. The highest BCUT2D eigenvalue weighted by atomic mass is 32.2. The summed E-state index contributed by atoms with van der Waals surface area (Å²) < 4.78 is 7.28. The maximum absolute atomic E-state index is 13.1. The van der Waals surface area contributed by atoms with Crippen LogP contribution in [0.1, 0.15) is 45.6 Å². The molecular weight excluding hydrogens is 422 g/mol. The summed E-state index contributed by atoms with van der Waals surface area (Å²) in [4.78, 5) is 30.5. The van der Waals surface area contributed by atoms with Crippen molar-refractivity contribution in [1.82, 2.24) is 9.55 Å². The topological polar surface area (TPSA) is 73.2 Å². The van der Waals surface area contributed by atoms with E-state index in [1.165, 1.54) is 11.8 Å². The average Bonchev–Trinajstić information content (AvgIpc) is 2.76. The lowest BCUT2D eigenvalue weighted by Crippen LogP contribution is -2.25. The largest absolute Gasteiger partial charge is 0.379 e. The van der Waals surface area contributed by atoms with Crippen LogP contribution in [-0.2, 0) is 16.1 Å². The Morgan fingerprint density at radius 3 is 2.56 bits per heavy atom. The summed E-state index contributed by atoms with van der Waals surface area (Å²) in [6, 6.07) is 15.1. The Labute approximate surface area is 193 Å². The molecule has 3 aromatic rings. The van der Waals surface area contributed by atoms with Crippen molar-refractivity contribution in [2.75, 3.05) is 17.7 Å². The lowest BCUT2D eigenvalue weighted by Gasteiger charge is -2.15. The van der Waals surface area contributed by atoms with Gasteiger partial charge in [-0.25, -0.2) is 4.98 Å². The molecule has 0 radical (unpaired) electrons. The number of carbonyl (C=O) groups excluding carboxylic acids is 1. The second-order valence-electron chi connectivity index (χ2n) is 8.22. The zero-order chi connectivity index (χ0) is 23.1. The molecule has 1 amide bonds. The molecule has 0 aliphatic rings. The van der Waals surface area contributed by atoms with E-state index in [2.05, 4.69) is 24.1 Å². The summed E-state index contributed by atoms with van der Waals surface area (Å²) in [5.41, 5.74) is 2.47. The van der Waals surface area contributed by atoms with Crippen LogP contribution in [0.3, 0.4) is 0 Å². The SMILES string of the molecule is CC(C)OCCCn1c(SCC(=O)Nc2ccccc2C(C)C)nc2ccccc2c1=O. The summed E-state index contributed by atoms with van der Waals surface area (Å²) in [7, 11) is 0. The summed E-state index contributed by atoms with van der Waals surface area (Å²) >= 11 is 1.28. The molecule has 0 saturated carbocycles. The Bertz CT molecular complexity index is 1120. The molecule has 32 heavy (non-hydrogen) atoms. The maximum Gasteiger partial charge on any atom is 0.262 e. The van der Waals surface area contributed by atoms with Gasteiger partial charge in [-0.1, -0.05) is 55.9 Å². The van der Waals surface area contributed by atoms with Crippen molar-refractivity contribution in [3.05, 3.63) is 64.4 Å². The number of amides is 1. The third kappa shape index (κ3) is 6.20. The average molecular weight is 454 g/mol. The highest BCUT2D eigenvalue weighted by Crippen LogP contribution is 2.24. The van der Waals surface area contributed by atoms with E-state index >= 15 is 0 Å². The minimum atomic E-state index is -0.125. The molecule has 0 unspecified atom stereocenters. The number of aromatic nitrogens is 2. The lowest BCUT2D eigenvalue weighted by atomic mass is 10.0. The third-order valence-corrected chi connectivity index (χ3v) is 5.97. The van der Waals surface area contributed by atoms with E-state index in [1.807, 2.05) is 56.3 Å². The van der Waals surface area contributed by atoms with Gasteiger partial charge in [0.2, 0.25) is 5.91 Å². The number of para-hydroxylation sites is 2. The number of nitrogens with zero attached hydrogens (tertiary/aromatic N) is 2. The molecule has 0 atom stereocenters. The molecular formula is C25H31N3O3S. The van der Waals surface area contributed by atoms with E-state index in [0.717, 1.165) is 11.3 Å². The van der Waals surface area contributed by atoms with Crippen molar-refractivity contribution in [1.29, 1.82) is 0 Å². The first-order chi connectivity index (χ1) is 15.4. The predicted octanol–water partition coefficient (Wildman–Crippen LogP) is 5.07. The number of nitrogens with one attached hydrogen (secondary N) is 1. The first kappa shape index (κ1) is 24.0. The van der Waals surface area contributed by atoms with E-state index in [9.17, 15) is 9.59 Å². The lowest BCUT2D eigenvalue weighted by molar-refractivity contribution is -0.113. The Morgan fingerprint density at radius 2 is 1.81 bits per heavy atom. The number of fused-ring (bicyclic) bond motifs is 1. The third-order valence-electron chi connectivity index (χ3n) is 4.99. The summed E-state index contributed by atoms with van der Waals surface area (Å²) in [5, 5.41) is 4.13. The van der Waals surface area contributed by atoms with E-state index in [4.69, 9.17) is 4.74 Å². The molecule has 6 nitrogen and oxygen atoms in total. The normalized spacial score (nSPS) is 11.4. The Morgan fingerprint density at radius 1 is 1.09 bits per heavy atom. The van der Waals surface area contributed by atoms with Gasteiger partial charge < -0.3 is 10.1 Å². The van der Waals surface area contributed by atoms with Crippen molar-refractivity contribution < 1.29 is 9.53 Å². The van der Waals surface area contributed by atoms with Gasteiger partial charge in [0.05, 0.1) is 22.8 Å². The maximum atomic E-state index is 13.1. The number of hydrogen-bond donors (Lipinski definition) is 1. The number of ether oxygens (including phenoxy) is 1. The molecule has 2 aromatic carbocycles. The van der Waals surface area contributed by atoms with Crippen LogP contribution in [0.5, 0.6) is 0 Å². The Hall–Kier alpha value is -2.64. The van der Waals surface area contributed by atoms with Gasteiger partial charge in [0.15, 0.2) is 5.16 Å². The molecule has 0 bridgehead atoms. The van der Waals surface area contributed by atoms with Gasteiger partial charge in [0.1, 0.15) is 0 Å². The van der Waals surface area contributed by atoms with E-state index in [1.54, 1.807) is 10.6 Å². The second-order valence-corrected chi connectivity index (χ2v) is 9.16. The van der Waals surface area contributed by atoms with E-state index in [0.29, 0.717) is 41.5 Å². The highest BCUT2D eigenvalue weighted by molar-refractivity contribution is 7.99. The molecule has 0 spiro atoms. The van der Waals surface area contributed by atoms with Crippen LogP contribution < -0.4 is 10.9 Å². The molecule has 0 saturated heterocycles. The molecule has 7 heteroatoms. The molecule has 0 fully saturated rings. The van der Waals surface area contributed by atoms with Crippen LogP contribution in [0.2, 0.25) is 0 Å². The van der Waals surface area contributed by atoms with Crippen LogP contribution in [0.15, 0.2) is 58.5 Å². The van der Waals surface area contributed by atoms with Gasteiger partial charge in [0.25, 0.3) is 5.56 Å². The Balaban J connectivity index is 1.77. The van der Waals surface area contributed by atoms with Crippen LogP contribution in [-0.4, -0.2) is 33.9 Å². The molecule has 1 aromatic heterocycles. The monoisotopic (exact) mass is 453 g/mol. The minimum absolute atomic E-state index is 0.0896. The minimum Gasteiger partial charge on any atom is -0.379 e. The quantitative estimate of drug-likeness (QED) is 0.264.